The van der Waals surface area contributed by atoms with Gasteiger partial charge < -0.3 is 20.7 Å². The molecule has 0 saturated heterocycles. The smallest absolute Gasteiger partial charge is 0.277 e. The summed E-state index contributed by atoms with van der Waals surface area (Å²) in [6.45, 7) is 3.50. The minimum absolute atomic E-state index is 0.0662. The Bertz CT molecular complexity index is 1570. The zero-order valence-corrected chi connectivity index (χ0v) is 22.0. The Morgan fingerprint density at radius 3 is 2.59 bits per heavy atom. The van der Waals surface area contributed by atoms with Crippen molar-refractivity contribution >= 4 is 46.1 Å². The van der Waals surface area contributed by atoms with E-state index in [9.17, 15) is 24.7 Å². The van der Waals surface area contributed by atoms with Gasteiger partial charge in [-0.15, -0.1) is 0 Å². The Kier molecular flexibility index (Phi) is 8.24. The molecule has 0 unspecified atom stereocenters. The Morgan fingerprint density at radius 2 is 1.87 bits per heavy atom. The van der Waals surface area contributed by atoms with Crippen LogP contribution in [-0.2, 0) is 6.42 Å². The first kappa shape index (κ1) is 27.7. The average molecular weight is 551 g/mol. The van der Waals surface area contributed by atoms with E-state index in [-0.39, 0.29) is 46.5 Å². The van der Waals surface area contributed by atoms with Crippen molar-refractivity contribution in [3.63, 3.8) is 0 Å². The van der Waals surface area contributed by atoms with Crippen LogP contribution in [0.1, 0.15) is 40.1 Å². The van der Waals surface area contributed by atoms with E-state index in [2.05, 4.69) is 25.6 Å². The molecule has 11 nitrogen and oxygen atoms in total. The number of rotatable bonds is 9. The highest BCUT2D eigenvalue weighted by molar-refractivity contribution is 6.34. The van der Waals surface area contributed by atoms with E-state index >= 15 is 0 Å². The molecule has 39 heavy (non-hydrogen) atoms. The van der Waals surface area contributed by atoms with Crippen molar-refractivity contribution in [2.75, 3.05) is 23.7 Å². The number of halogens is 1. The molecule has 0 aliphatic carbocycles. The normalized spacial score (nSPS) is 11.3. The van der Waals surface area contributed by atoms with Crippen LogP contribution in [0.25, 0.3) is 11.0 Å². The monoisotopic (exact) mass is 550 g/mol. The molecule has 0 aliphatic heterocycles. The van der Waals surface area contributed by atoms with Gasteiger partial charge in [-0.3, -0.25) is 19.6 Å². The van der Waals surface area contributed by atoms with Gasteiger partial charge in [0.2, 0.25) is 5.95 Å². The summed E-state index contributed by atoms with van der Waals surface area (Å²) in [5, 5.41) is 26.7. The maximum Gasteiger partial charge on any atom is 0.277 e. The number of fused-ring (bicyclic) bond motifs is 1. The van der Waals surface area contributed by atoms with E-state index in [1.54, 1.807) is 13.8 Å². The van der Waals surface area contributed by atoms with Gasteiger partial charge in [0.25, 0.3) is 17.4 Å². The number of nitrogens with one attached hydrogen (secondary N) is 3. The van der Waals surface area contributed by atoms with Crippen LogP contribution < -0.4 is 16.2 Å². The minimum Gasteiger partial charge on any atom is -0.389 e. The van der Waals surface area contributed by atoms with Crippen LogP contribution in [-0.4, -0.2) is 60.8 Å². The SMILES string of the molecule is CC(C)(O)CNc1ncc2cc(C(=O)Nc3cc(C(=O)N(O)CCc4ccccc4)ccc3Cl)c(=O)[nH]c2n1. The molecule has 0 atom stereocenters. The first-order chi connectivity index (χ1) is 18.5. The molecule has 0 aliphatic rings. The van der Waals surface area contributed by atoms with E-state index in [4.69, 9.17) is 11.6 Å². The third-order valence-corrected chi connectivity index (χ3v) is 6.00. The predicted octanol–water partition coefficient (Wildman–Crippen LogP) is 3.48. The van der Waals surface area contributed by atoms with Gasteiger partial charge >= 0.3 is 0 Å². The number of aromatic amines is 1. The van der Waals surface area contributed by atoms with Gasteiger partial charge in [0, 0.05) is 23.7 Å². The van der Waals surface area contributed by atoms with Crippen molar-refractivity contribution in [2.45, 2.75) is 25.9 Å². The average Bonchev–Trinajstić information content (AvgIpc) is 2.91. The molecule has 0 saturated carbocycles. The molecule has 4 aromatic rings. The maximum absolute atomic E-state index is 13.0. The van der Waals surface area contributed by atoms with Gasteiger partial charge in [0.05, 0.1) is 22.9 Å². The summed E-state index contributed by atoms with van der Waals surface area (Å²) >= 11 is 6.23. The van der Waals surface area contributed by atoms with Crippen LogP contribution in [0.4, 0.5) is 11.6 Å². The number of carbonyl (C=O) groups excluding carboxylic acids is 2. The number of hydrogen-bond acceptors (Lipinski definition) is 8. The summed E-state index contributed by atoms with van der Waals surface area (Å²) < 4.78 is 0. The summed E-state index contributed by atoms with van der Waals surface area (Å²) in [5.74, 6) is -1.24. The highest BCUT2D eigenvalue weighted by Crippen LogP contribution is 2.24. The fourth-order valence-electron chi connectivity index (χ4n) is 3.62. The minimum atomic E-state index is -0.992. The van der Waals surface area contributed by atoms with Crippen LogP contribution in [0.2, 0.25) is 5.02 Å². The zero-order valence-electron chi connectivity index (χ0n) is 21.2. The second kappa shape index (κ2) is 11.6. The lowest BCUT2D eigenvalue weighted by Crippen LogP contribution is -2.30. The molecule has 2 amide bonds. The number of aliphatic hydroxyl groups is 1. The number of benzene rings is 2. The summed E-state index contributed by atoms with van der Waals surface area (Å²) in [6, 6.07) is 14.9. The van der Waals surface area contributed by atoms with Gasteiger partial charge in [-0.05, 0) is 50.1 Å². The topological polar surface area (TPSA) is 161 Å². The second-order valence-corrected chi connectivity index (χ2v) is 9.90. The van der Waals surface area contributed by atoms with Gasteiger partial charge in [0.15, 0.2) is 0 Å². The third-order valence-electron chi connectivity index (χ3n) is 5.67. The standard InChI is InChI=1S/C27H27ClN6O5/c1-27(2,38)15-30-26-29-14-18-12-19(24(36)32-22(18)33-26)23(35)31-21-13-17(8-9-20(21)28)25(37)34(39)11-10-16-6-4-3-5-7-16/h3-9,12-14,38-39H,10-11,15H2,1-2H3,(H,31,35)(H2,29,30,32,33,36). The lowest BCUT2D eigenvalue weighted by atomic mass is 10.1. The molecule has 5 N–H and O–H groups in total. The number of anilines is 2. The van der Waals surface area contributed by atoms with Gasteiger partial charge in [0.1, 0.15) is 11.2 Å². The van der Waals surface area contributed by atoms with Crippen molar-refractivity contribution in [1.29, 1.82) is 0 Å². The summed E-state index contributed by atoms with van der Waals surface area (Å²) in [6.07, 6.45) is 1.88. The van der Waals surface area contributed by atoms with Crippen LogP contribution >= 0.6 is 11.6 Å². The van der Waals surface area contributed by atoms with E-state index < -0.39 is 23.0 Å². The van der Waals surface area contributed by atoms with Crippen LogP contribution in [0.3, 0.4) is 0 Å². The first-order valence-electron chi connectivity index (χ1n) is 12.0. The number of hydrogen-bond donors (Lipinski definition) is 5. The van der Waals surface area contributed by atoms with Crippen LogP contribution in [0.15, 0.2) is 65.6 Å². The zero-order chi connectivity index (χ0) is 28.2. The lowest BCUT2D eigenvalue weighted by molar-refractivity contribution is -0.0571. The molecule has 0 bridgehead atoms. The molecule has 0 spiro atoms. The van der Waals surface area contributed by atoms with Crippen molar-refractivity contribution < 1.29 is 19.9 Å². The molecule has 0 radical (unpaired) electrons. The highest BCUT2D eigenvalue weighted by Gasteiger charge is 2.19. The molecule has 2 aromatic carbocycles. The van der Waals surface area contributed by atoms with E-state index in [1.807, 2.05) is 30.3 Å². The van der Waals surface area contributed by atoms with Gasteiger partial charge in [-0.1, -0.05) is 41.9 Å². The number of pyridine rings is 1. The predicted molar refractivity (Wildman–Crippen MR) is 147 cm³/mol. The molecule has 2 heterocycles. The Balaban J connectivity index is 1.48. The quantitative estimate of drug-likeness (QED) is 0.156. The van der Waals surface area contributed by atoms with Gasteiger partial charge in [-0.2, -0.15) is 4.98 Å². The van der Waals surface area contributed by atoms with Crippen LogP contribution in [0, 0.1) is 0 Å². The fraction of sp³-hybridized carbons (Fsp3) is 0.222. The second-order valence-electron chi connectivity index (χ2n) is 9.49. The number of H-pyrrole nitrogens is 1. The van der Waals surface area contributed by atoms with Gasteiger partial charge in [-0.25, -0.2) is 10.0 Å². The van der Waals surface area contributed by atoms with E-state index in [0.717, 1.165) is 5.56 Å². The van der Waals surface area contributed by atoms with Crippen molar-refractivity contribution in [3.8, 4) is 0 Å². The first-order valence-corrected chi connectivity index (χ1v) is 12.4. The molecular weight excluding hydrogens is 524 g/mol. The van der Waals surface area contributed by atoms with Crippen molar-refractivity contribution in [2.24, 2.45) is 0 Å². The van der Waals surface area contributed by atoms with E-state index in [1.165, 1.54) is 30.5 Å². The number of carbonyl (C=O) groups is 2. The Hall–Kier alpha value is -4.32. The highest BCUT2D eigenvalue weighted by atomic mass is 35.5. The van der Waals surface area contributed by atoms with Crippen molar-refractivity contribution in [3.05, 3.63) is 92.9 Å². The summed E-state index contributed by atoms with van der Waals surface area (Å²) in [7, 11) is 0. The number of hydroxylamine groups is 2. The van der Waals surface area contributed by atoms with Crippen LogP contribution in [0.5, 0.6) is 0 Å². The largest absolute Gasteiger partial charge is 0.389 e. The number of nitrogens with zero attached hydrogens (tertiary/aromatic N) is 3. The summed E-state index contributed by atoms with van der Waals surface area (Å²) in [4.78, 5) is 49.3. The fourth-order valence-corrected chi connectivity index (χ4v) is 3.78. The maximum atomic E-state index is 13.0. The van der Waals surface area contributed by atoms with Crippen molar-refractivity contribution in [1.82, 2.24) is 20.0 Å². The lowest BCUT2D eigenvalue weighted by Gasteiger charge is -2.17. The Morgan fingerprint density at radius 1 is 1.13 bits per heavy atom. The molecule has 202 valence electrons. The van der Waals surface area contributed by atoms with E-state index in [0.29, 0.717) is 16.9 Å². The molecular formula is C27H27ClN6O5. The number of amides is 2. The number of aromatic nitrogens is 3. The molecule has 2 aromatic heterocycles. The Labute approximate surface area is 228 Å². The molecule has 12 heteroatoms. The molecule has 0 fully saturated rings. The summed E-state index contributed by atoms with van der Waals surface area (Å²) in [5.41, 5.74) is -0.562. The third kappa shape index (κ3) is 7.17. The molecule has 4 rings (SSSR count).